The number of carbonyl (C=O) groups excluding carboxylic acids is 2. The van der Waals surface area contributed by atoms with Crippen LogP contribution in [-0.4, -0.2) is 94.7 Å². The van der Waals surface area contributed by atoms with Crippen LogP contribution in [0.4, 0.5) is 16.1 Å². The van der Waals surface area contributed by atoms with Crippen LogP contribution < -0.4 is 15.5 Å². The molecule has 0 saturated carbocycles. The Morgan fingerprint density at radius 3 is 2.34 bits per heavy atom. The molecule has 13 nitrogen and oxygen atoms in total. The van der Waals surface area contributed by atoms with Crippen molar-refractivity contribution >= 4 is 50.6 Å². The zero-order valence-corrected chi connectivity index (χ0v) is 30.2. The highest BCUT2D eigenvalue weighted by atomic mass is 32.1. The van der Waals surface area contributed by atoms with Gasteiger partial charge < -0.3 is 29.9 Å². The van der Waals surface area contributed by atoms with Crippen LogP contribution in [0.5, 0.6) is 0 Å². The first-order chi connectivity index (χ1) is 24.3. The molecule has 3 aromatic rings. The van der Waals surface area contributed by atoms with Gasteiger partial charge in [-0.2, -0.15) is 0 Å². The molecular weight excluding hydrogens is 675 g/mol. The van der Waals surface area contributed by atoms with E-state index in [1.54, 1.807) is 14.2 Å². The van der Waals surface area contributed by atoms with Gasteiger partial charge in [-0.05, 0) is 42.7 Å². The van der Waals surface area contributed by atoms with Crippen LogP contribution in [0.25, 0.3) is 0 Å². The lowest BCUT2D eigenvalue weighted by Gasteiger charge is -2.40. The van der Waals surface area contributed by atoms with Gasteiger partial charge in [-0.25, -0.2) is 4.98 Å². The average molecular weight is 718 g/mol. The van der Waals surface area contributed by atoms with E-state index in [0.29, 0.717) is 22.1 Å². The predicted octanol–water partition coefficient (Wildman–Crippen LogP) is 4.91. The number of carbonyl (C=O) groups is 2. The summed E-state index contributed by atoms with van der Waals surface area (Å²) in [6.07, 6.45) is 16.6. The maximum absolute atomic E-state index is 12.8. The first-order valence-electron chi connectivity index (χ1n) is 16.9. The number of likely N-dealkylation sites (tertiary alicyclic amines) is 1. The van der Waals surface area contributed by atoms with Gasteiger partial charge in [0.25, 0.3) is 0 Å². The number of anilines is 3. The lowest BCUT2D eigenvalue weighted by Crippen LogP contribution is -2.52. The highest BCUT2D eigenvalue weighted by Crippen LogP contribution is 2.28. The molecule has 5 heterocycles. The van der Waals surface area contributed by atoms with Crippen LogP contribution >= 0.6 is 22.7 Å². The normalized spacial score (nSPS) is 16.9. The second-order valence-corrected chi connectivity index (χ2v) is 14.7. The highest BCUT2D eigenvalue weighted by molar-refractivity contribution is 7.15. The van der Waals surface area contributed by atoms with Crippen LogP contribution in [0.15, 0.2) is 65.9 Å². The molecule has 264 valence electrons. The van der Waals surface area contributed by atoms with Gasteiger partial charge in [0, 0.05) is 58.4 Å². The second kappa shape index (κ2) is 17.1. The topological polar surface area (TPSA) is 148 Å². The number of methoxy groups -OCH3 is 2. The molecule has 3 aliphatic rings. The van der Waals surface area contributed by atoms with Crippen molar-refractivity contribution < 1.29 is 19.1 Å². The van der Waals surface area contributed by atoms with Crippen molar-refractivity contribution in [3.8, 4) is 0 Å². The van der Waals surface area contributed by atoms with Gasteiger partial charge in [0.2, 0.25) is 22.1 Å². The van der Waals surface area contributed by atoms with E-state index in [-0.39, 0.29) is 36.7 Å². The predicted molar refractivity (Wildman–Crippen MR) is 195 cm³/mol. The summed E-state index contributed by atoms with van der Waals surface area (Å²) < 4.78 is 10.7. The monoisotopic (exact) mass is 717 g/mol. The first kappa shape index (κ1) is 35.5. The summed E-state index contributed by atoms with van der Waals surface area (Å²) in [6, 6.07) is 5.73. The largest absolute Gasteiger partial charge is 0.378 e. The summed E-state index contributed by atoms with van der Waals surface area (Å²) in [6.45, 7) is 5.52. The molecule has 3 aromatic heterocycles. The Kier molecular flexibility index (Phi) is 12.1. The van der Waals surface area contributed by atoms with Crippen LogP contribution in [0.2, 0.25) is 0 Å². The Balaban J connectivity index is 0.873. The number of rotatable bonds is 16. The number of amides is 2. The van der Waals surface area contributed by atoms with E-state index >= 15 is 0 Å². The fourth-order valence-corrected chi connectivity index (χ4v) is 7.35. The summed E-state index contributed by atoms with van der Waals surface area (Å²) in [7, 11) is 3.46. The fourth-order valence-electron chi connectivity index (χ4n) is 5.71. The van der Waals surface area contributed by atoms with Gasteiger partial charge in [-0.3, -0.25) is 9.59 Å². The zero-order valence-electron chi connectivity index (χ0n) is 28.6. The van der Waals surface area contributed by atoms with Crippen molar-refractivity contribution in [2.45, 2.75) is 63.6 Å². The number of allylic oxidation sites excluding steroid dienone is 6. The van der Waals surface area contributed by atoms with E-state index in [1.165, 1.54) is 22.7 Å². The molecule has 50 heavy (non-hydrogen) atoms. The second-order valence-electron chi connectivity index (χ2n) is 12.6. The van der Waals surface area contributed by atoms with Crippen molar-refractivity contribution in [1.29, 1.82) is 0 Å². The van der Waals surface area contributed by atoms with Crippen LogP contribution in [-0.2, 0) is 31.9 Å². The molecular formula is C35H43N9O4S2. The maximum Gasteiger partial charge on any atom is 0.232 e. The number of aromatic nitrogens is 5. The molecule has 0 radical (unpaired) electrons. The molecule has 2 amide bonds. The van der Waals surface area contributed by atoms with Gasteiger partial charge in [0.15, 0.2) is 0 Å². The minimum Gasteiger partial charge on any atom is -0.378 e. The molecule has 0 aromatic carbocycles. The Labute approximate surface area is 300 Å². The third-order valence-corrected chi connectivity index (χ3v) is 10.8. The van der Waals surface area contributed by atoms with E-state index < -0.39 is 0 Å². The number of hydrogen-bond acceptors (Lipinski definition) is 13. The average Bonchev–Trinajstić information content (AvgIpc) is 3.70. The van der Waals surface area contributed by atoms with Crippen LogP contribution in [0.1, 0.15) is 54.2 Å². The van der Waals surface area contributed by atoms with Gasteiger partial charge in [0.05, 0.1) is 30.7 Å². The van der Waals surface area contributed by atoms with Crippen molar-refractivity contribution in [3.63, 3.8) is 0 Å². The zero-order chi connectivity index (χ0) is 34.9. The lowest BCUT2D eigenvalue weighted by atomic mass is 10.0. The molecule has 0 bridgehead atoms. The van der Waals surface area contributed by atoms with E-state index in [2.05, 4.69) is 64.9 Å². The first-order valence-corrected chi connectivity index (χ1v) is 18.5. The fraction of sp³-hybridized carbons (Fsp3) is 0.457. The Morgan fingerprint density at radius 1 is 0.860 bits per heavy atom. The molecule has 0 spiro atoms. The number of unbranched alkanes of at least 4 members (excludes halogenated alkanes) is 1. The van der Waals surface area contributed by atoms with Gasteiger partial charge >= 0.3 is 0 Å². The summed E-state index contributed by atoms with van der Waals surface area (Å²) in [5, 5.41) is 25.5. The summed E-state index contributed by atoms with van der Waals surface area (Å²) in [5.74, 6) is 0.778. The summed E-state index contributed by atoms with van der Waals surface area (Å²) in [5.41, 5.74) is 2.76. The Hall–Kier alpha value is -4.31. The van der Waals surface area contributed by atoms with Crippen LogP contribution in [0.3, 0.4) is 0 Å². The number of nitrogens with zero attached hydrogens (tertiary/aromatic N) is 7. The molecule has 2 fully saturated rings. The molecule has 2 saturated heterocycles. The van der Waals surface area contributed by atoms with E-state index in [1.807, 2.05) is 42.5 Å². The van der Waals surface area contributed by atoms with Gasteiger partial charge in [-0.1, -0.05) is 66.4 Å². The minimum absolute atomic E-state index is 0.123. The van der Waals surface area contributed by atoms with E-state index in [4.69, 9.17) is 9.47 Å². The Morgan fingerprint density at radius 2 is 1.56 bits per heavy atom. The minimum atomic E-state index is -0.168. The summed E-state index contributed by atoms with van der Waals surface area (Å²) >= 11 is 2.82. The van der Waals surface area contributed by atoms with Crippen molar-refractivity contribution in [2.24, 2.45) is 0 Å². The SMILES string of the molecule is COC1CN(C2=CC=CC(CC(=O)Nc3nnc(C(C)CCCCc4nnc(NC(=O)Cc5cccc(N6CC(OC)C6)n5)s4)s3)=CC=C2)C1. The number of aryl methyl sites for hydroxylation is 1. The summed E-state index contributed by atoms with van der Waals surface area (Å²) in [4.78, 5) is 34.4. The number of ether oxygens (including phenoxy) is 2. The quantitative estimate of drug-likeness (QED) is 0.195. The lowest BCUT2D eigenvalue weighted by molar-refractivity contribution is -0.116. The maximum atomic E-state index is 12.8. The number of hydrogen-bond donors (Lipinski definition) is 2. The number of nitrogens with one attached hydrogen (secondary N) is 2. The van der Waals surface area contributed by atoms with Crippen molar-refractivity contribution in [3.05, 3.63) is 81.6 Å². The standard InChI is InChI=1S/C35H43N9O4S2/c1-23(33-40-42-35(50-33)37-30(45)17-24-10-6-13-26(14-7-11-24)43-19-27(20-43)47-2)9-4-5-16-32-39-41-34(49-32)38-31(46)18-25-12-8-15-29(36-25)44-21-28(22-44)48-3/h6-8,10-15,23,27-28H,4-5,9,16-22H2,1-3H3,(H,37,42,45)(H,38,41,46). The number of pyridine rings is 1. The smallest absolute Gasteiger partial charge is 0.232 e. The third kappa shape index (κ3) is 9.68. The molecule has 1 atom stereocenters. The molecule has 2 N–H and O–H groups in total. The van der Waals surface area contributed by atoms with Crippen molar-refractivity contribution in [1.82, 2.24) is 30.3 Å². The van der Waals surface area contributed by atoms with Crippen LogP contribution in [0, 0.1) is 0 Å². The van der Waals surface area contributed by atoms with E-state index in [0.717, 1.165) is 79.0 Å². The highest BCUT2D eigenvalue weighted by Gasteiger charge is 2.28. The molecule has 2 aliphatic heterocycles. The molecule has 1 unspecified atom stereocenters. The Bertz CT molecular complexity index is 1760. The van der Waals surface area contributed by atoms with Gasteiger partial charge in [-0.15, -0.1) is 20.4 Å². The molecule has 15 heteroatoms. The van der Waals surface area contributed by atoms with Crippen molar-refractivity contribution in [2.75, 3.05) is 55.9 Å². The third-order valence-electron chi connectivity index (χ3n) is 8.80. The van der Waals surface area contributed by atoms with Gasteiger partial charge in [0.1, 0.15) is 15.8 Å². The van der Waals surface area contributed by atoms with E-state index in [9.17, 15) is 9.59 Å². The molecule has 1 aliphatic carbocycles. The molecule has 6 rings (SSSR count).